The van der Waals surface area contributed by atoms with Crippen molar-refractivity contribution in [3.8, 4) is 0 Å². The Balaban J connectivity index is 1.83. The zero-order valence-electron chi connectivity index (χ0n) is 10.9. The van der Waals surface area contributed by atoms with E-state index in [0.717, 1.165) is 16.9 Å². The molecule has 0 bridgehead atoms. The smallest absolute Gasteiger partial charge is 0.317 e. The number of imidazole rings is 1. The number of nitrogens with zero attached hydrogens (tertiary/aromatic N) is 2. The lowest BCUT2D eigenvalue weighted by Crippen LogP contribution is -2.21. The first-order chi connectivity index (χ1) is 9.15. The Bertz CT molecular complexity index is 629. The number of aliphatic carboxylic acids is 1. The predicted molar refractivity (Wildman–Crippen MR) is 72.1 cm³/mol. The molecule has 19 heavy (non-hydrogen) atoms. The fourth-order valence-electron chi connectivity index (χ4n) is 2.48. The van der Waals surface area contributed by atoms with Gasteiger partial charge in [0.1, 0.15) is 5.82 Å². The van der Waals surface area contributed by atoms with Gasteiger partial charge in [-0.05, 0) is 37.5 Å². The number of carboxylic acids is 1. The summed E-state index contributed by atoms with van der Waals surface area (Å²) in [5, 5.41) is 11.5. The van der Waals surface area contributed by atoms with Gasteiger partial charge in [0.05, 0.1) is 17.6 Å². The Morgan fingerprint density at radius 2 is 2.32 bits per heavy atom. The number of rotatable bonds is 5. The lowest BCUT2D eigenvalue weighted by molar-refractivity contribution is -0.135. The average Bonchev–Trinajstić information content (AvgIpc) is 3.11. The molecule has 3 rings (SSSR count). The van der Waals surface area contributed by atoms with Gasteiger partial charge in [0.2, 0.25) is 0 Å². The van der Waals surface area contributed by atoms with Gasteiger partial charge in [-0.25, -0.2) is 4.98 Å². The van der Waals surface area contributed by atoms with Crippen molar-refractivity contribution >= 4 is 17.0 Å². The van der Waals surface area contributed by atoms with Crippen molar-refractivity contribution in [1.82, 2.24) is 14.9 Å². The monoisotopic (exact) mass is 259 g/mol. The minimum absolute atomic E-state index is 0.0203. The molecular formula is C14H17N3O2. The van der Waals surface area contributed by atoms with Crippen molar-refractivity contribution in [1.29, 1.82) is 0 Å². The van der Waals surface area contributed by atoms with Crippen LogP contribution in [0, 0.1) is 6.92 Å². The van der Waals surface area contributed by atoms with Crippen LogP contribution in [-0.4, -0.2) is 27.2 Å². The first kappa shape index (κ1) is 12.2. The van der Waals surface area contributed by atoms with E-state index in [1.807, 2.05) is 19.1 Å². The molecule has 5 heteroatoms. The second kappa shape index (κ2) is 4.66. The molecule has 2 N–H and O–H groups in total. The van der Waals surface area contributed by atoms with Gasteiger partial charge in [0, 0.05) is 12.6 Å². The van der Waals surface area contributed by atoms with Crippen LogP contribution in [-0.2, 0) is 11.3 Å². The van der Waals surface area contributed by atoms with E-state index >= 15 is 0 Å². The molecule has 100 valence electrons. The lowest BCUT2D eigenvalue weighted by Gasteiger charge is -2.05. The maximum Gasteiger partial charge on any atom is 0.317 e. The topological polar surface area (TPSA) is 67.2 Å². The lowest BCUT2D eigenvalue weighted by atomic mass is 10.2. The summed E-state index contributed by atoms with van der Waals surface area (Å²) in [5.74, 6) is 0.225. The molecule has 5 nitrogen and oxygen atoms in total. The highest BCUT2D eigenvalue weighted by atomic mass is 16.4. The van der Waals surface area contributed by atoms with Crippen LogP contribution < -0.4 is 5.32 Å². The first-order valence-electron chi connectivity index (χ1n) is 6.55. The van der Waals surface area contributed by atoms with E-state index in [2.05, 4.69) is 20.9 Å². The normalized spacial score (nSPS) is 15.0. The summed E-state index contributed by atoms with van der Waals surface area (Å²) in [6.45, 7) is 2.58. The Kier molecular flexibility index (Phi) is 2.98. The molecule has 0 amide bonds. The third kappa shape index (κ3) is 2.46. The molecule has 0 radical (unpaired) electrons. The molecule has 1 aliphatic carbocycles. The number of fused-ring (bicyclic) bond motifs is 1. The molecule has 1 aromatic carbocycles. The van der Waals surface area contributed by atoms with Crippen molar-refractivity contribution in [3.05, 3.63) is 29.6 Å². The third-order valence-electron chi connectivity index (χ3n) is 3.45. The number of carbonyl (C=O) groups is 1. The summed E-state index contributed by atoms with van der Waals surface area (Å²) in [6, 6.07) is 6.79. The van der Waals surface area contributed by atoms with Gasteiger partial charge in [0.15, 0.2) is 0 Å². The number of hydrogen-bond acceptors (Lipinski definition) is 3. The first-order valence-corrected chi connectivity index (χ1v) is 6.55. The van der Waals surface area contributed by atoms with E-state index < -0.39 is 5.97 Å². The number of benzene rings is 1. The maximum atomic E-state index is 10.5. The zero-order chi connectivity index (χ0) is 13.4. The van der Waals surface area contributed by atoms with Crippen LogP contribution in [0.25, 0.3) is 11.0 Å². The summed E-state index contributed by atoms with van der Waals surface area (Å²) in [5.41, 5.74) is 3.25. The van der Waals surface area contributed by atoms with Gasteiger partial charge in [0.25, 0.3) is 0 Å². The van der Waals surface area contributed by atoms with E-state index in [1.54, 1.807) is 0 Å². The molecule has 0 spiro atoms. The van der Waals surface area contributed by atoms with Crippen molar-refractivity contribution in [2.45, 2.75) is 32.4 Å². The van der Waals surface area contributed by atoms with Crippen molar-refractivity contribution < 1.29 is 9.90 Å². The molecule has 0 saturated heterocycles. The van der Waals surface area contributed by atoms with E-state index in [1.165, 1.54) is 18.4 Å². The van der Waals surface area contributed by atoms with Gasteiger partial charge >= 0.3 is 5.97 Å². The van der Waals surface area contributed by atoms with Gasteiger partial charge in [-0.2, -0.15) is 0 Å². The maximum absolute atomic E-state index is 10.5. The number of aromatic nitrogens is 2. The van der Waals surface area contributed by atoms with E-state index in [-0.39, 0.29) is 6.54 Å². The fraction of sp³-hybridized carbons (Fsp3) is 0.429. The van der Waals surface area contributed by atoms with Crippen LogP contribution >= 0.6 is 0 Å². The number of nitrogens with one attached hydrogen (secondary N) is 1. The Labute approximate surface area is 111 Å². The second-order valence-corrected chi connectivity index (χ2v) is 5.08. The summed E-state index contributed by atoms with van der Waals surface area (Å²) < 4.78 is 2.31. The molecular weight excluding hydrogens is 242 g/mol. The van der Waals surface area contributed by atoms with E-state index in [0.29, 0.717) is 12.6 Å². The van der Waals surface area contributed by atoms with Crippen molar-refractivity contribution in [3.63, 3.8) is 0 Å². The summed E-state index contributed by atoms with van der Waals surface area (Å²) >= 11 is 0. The van der Waals surface area contributed by atoms with Gasteiger partial charge in [-0.1, -0.05) is 6.07 Å². The second-order valence-electron chi connectivity index (χ2n) is 5.08. The quantitative estimate of drug-likeness (QED) is 0.860. The van der Waals surface area contributed by atoms with Crippen LogP contribution in [0.15, 0.2) is 18.2 Å². The molecule has 1 saturated carbocycles. The minimum atomic E-state index is -0.838. The summed E-state index contributed by atoms with van der Waals surface area (Å²) in [7, 11) is 0. The summed E-state index contributed by atoms with van der Waals surface area (Å²) in [6.07, 6.45) is 2.49. The van der Waals surface area contributed by atoms with Gasteiger partial charge < -0.3 is 15.0 Å². The Morgan fingerprint density at radius 1 is 1.53 bits per heavy atom. The van der Waals surface area contributed by atoms with Crippen molar-refractivity contribution in [2.24, 2.45) is 0 Å². The number of aryl methyl sites for hydroxylation is 1. The highest BCUT2D eigenvalue weighted by Gasteiger charge is 2.26. The largest absolute Gasteiger partial charge is 0.480 e. The molecule has 1 heterocycles. The molecule has 0 aliphatic heterocycles. The van der Waals surface area contributed by atoms with Crippen LogP contribution in [0.2, 0.25) is 0 Å². The highest BCUT2D eigenvalue weighted by molar-refractivity contribution is 5.77. The Morgan fingerprint density at radius 3 is 3.00 bits per heavy atom. The number of hydrogen-bond donors (Lipinski definition) is 2. The fourth-order valence-corrected chi connectivity index (χ4v) is 2.48. The van der Waals surface area contributed by atoms with Crippen LogP contribution in [0.1, 0.15) is 30.3 Å². The Hall–Kier alpha value is -1.88. The SMILES string of the molecule is Cc1nc2cc(CNCC(=O)O)ccc2n1C1CC1. The molecule has 1 aromatic heterocycles. The predicted octanol–water partition coefficient (Wildman–Crippen LogP) is 1.85. The van der Waals surface area contributed by atoms with Crippen molar-refractivity contribution in [2.75, 3.05) is 6.54 Å². The molecule has 0 atom stereocenters. The van der Waals surface area contributed by atoms with E-state index in [4.69, 9.17) is 5.11 Å². The summed E-state index contributed by atoms with van der Waals surface area (Å²) in [4.78, 5) is 15.1. The molecule has 1 aliphatic rings. The molecule has 0 unspecified atom stereocenters. The highest BCUT2D eigenvalue weighted by Crippen LogP contribution is 2.38. The van der Waals surface area contributed by atoms with Crippen LogP contribution in [0.3, 0.4) is 0 Å². The van der Waals surface area contributed by atoms with E-state index in [9.17, 15) is 4.79 Å². The average molecular weight is 259 g/mol. The van der Waals surface area contributed by atoms with Crippen LogP contribution in [0.4, 0.5) is 0 Å². The van der Waals surface area contributed by atoms with Gasteiger partial charge in [-0.15, -0.1) is 0 Å². The van der Waals surface area contributed by atoms with Crippen LogP contribution in [0.5, 0.6) is 0 Å². The standard InChI is InChI=1S/C14H17N3O2/c1-9-16-12-6-10(7-15-8-14(18)19)2-5-13(12)17(9)11-3-4-11/h2,5-6,11,15H,3-4,7-8H2,1H3,(H,18,19). The third-order valence-corrected chi connectivity index (χ3v) is 3.45. The molecule has 2 aromatic rings. The molecule has 1 fully saturated rings. The zero-order valence-corrected chi connectivity index (χ0v) is 10.9. The number of carboxylic acid groups (broad SMARTS) is 1. The van der Waals surface area contributed by atoms with Gasteiger partial charge in [-0.3, -0.25) is 4.79 Å². The minimum Gasteiger partial charge on any atom is -0.480 e.